The van der Waals surface area contributed by atoms with Gasteiger partial charge in [-0.25, -0.2) is 0 Å². The third-order valence-corrected chi connectivity index (χ3v) is 13.0. The van der Waals surface area contributed by atoms with Gasteiger partial charge in [0, 0.05) is 19.3 Å². The fourth-order valence-corrected chi connectivity index (χ4v) is 8.27. The molecule has 0 rings (SSSR count). The van der Waals surface area contributed by atoms with Gasteiger partial charge in [0.15, 0.2) is 6.10 Å². The van der Waals surface area contributed by atoms with Crippen molar-refractivity contribution in [2.24, 2.45) is 0 Å². The summed E-state index contributed by atoms with van der Waals surface area (Å²) in [5.74, 6) is -0.968. The number of ether oxygens (including phenoxy) is 3. The minimum Gasteiger partial charge on any atom is -0.462 e. The van der Waals surface area contributed by atoms with Crippen molar-refractivity contribution in [2.75, 3.05) is 13.2 Å². The molecule has 0 aromatic rings. The molecule has 6 nitrogen and oxygen atoms in total. The summed E-state index contributed by atoms with van der Waals surface area (Å²) in [6.45, 7) is 6.35. The van der Waals surface area contributed by atoms with Crippen molar-refractivity contribution in [3.05, 3.63) is 158 Å². The van der Waals surface area contributed by atoms with Gasteiger partial charge in [0.05, 0.1) is 0 Å². The van der Waals surface area contributed by atoms with E-state index in [4.69, 9.17) is 14.2 Å². The van der Waals surface area contributed by atoms with Gasteiger partial charge in [-0.3, -0.25) is 14.4 Å². The molecule has 0 heterocycles. The predicted molar refractivity (Wildman–Crippen MR) is 343 cm³/mol. The molecule has 0 saturated carbocycles. The number of carbonyl (C=O) groups is 3. The molecule has 0 aliphatic rings. The molecule has 0 aliphatic carbocycles. The number of unbranched alkanes of at least 4 members (excludes halogenated alkanes) is 19. The third kappa shape index (κ3) is 63.7. The molecule has 0 amide bonds. The first-order valence-corrected chi connectivity index (χ1v) is 32.0. The highest BCUT2D eigenvalue weighted by Gasteiger charge is 2.19. The Labute approximate surface area is 486 Å². The molecule has 0 fully saturated rings. The van der Waals surface area contributed by atoms with Crippen LogP contribution in [0.4, 0.5) is 0 Å². The maximum Gasteiger partial charge on any atom is 0.306 e. The van der Waals surface area contributed by atoms with Gasteiger partial charge < -0.3 is 14.2 Å². The molecule has 0 bridgehead atoms. The van der Waals surface area contributed by atoms with Gasteiger partial charge in [-0.15, -0.1) is 0 Å². The summed E-state index contributed by atoms with van der Waals surface area (Å²) < 4.78 is 16.9. The molecule has 0 aromatic carbocycles. The molecule has 0 aromatic heterocycles. The molecule has 0 spiro atoms. The Morgan fingerprint density at radius 2 is 0.494 bits per heavy atom. The van der Waals surface area contributed by atoms with Crippen LogP contribution in [0, 0.1) is 0 Å². The van der Waals surface area contributed by atoms with E-state index in [2.05, 4.69) is 179 Å². The zero-order chi connectivity index (χ0) is 57.1. The van der Waals surface area contributed by atoms with E-state index >= 15 is 0 Å². The van der Waals surface area contributed by atoms with E-state index < -0.39 is 6.10 Å². The van der Waals surface area contributed by atoms with Crippen LogP contribution in [0.25, 0.3) is 0 Å². The Bertz CT molecular complexity index is 1780. The topological polar surface area (TPSA) is 78.9 Å². The van der Waals surface area contributed by atoms with Crippen molar-refractivity contribution in [1.29, 1.82) is 0 Å². The summed E-state index contributed by atoms with van der Waals surface area (Å²) in [5.41, 5.74) is 0. The SMILES string of the molecule is CC/C=C\C/C=C\C/C=C\C/C=C\C/C=C\C/C=C\C/C=C\C/C=C\C/C=C\CCCCCC(=O)OCC(COC(=O)CCCCCCC/C=C\CCCCCCCC)OC(=O)CCCCCCC/C=C\C/C=C\C/C=C\CC. The van der Waals surface area contributed by atoms with E-state index in [-0.39, 0.29) is 31.1 Å². The van der Waals surface area contributed by atoms with E-state index in [1.54, 1.807) is 0 Å². The number of hydrogen-bond acceptors (Lipinski definition) is 6. The number of hydrogen-bond donors (Lipinski definition) is 0. The van der Waals surface area contributed by atoms with Crippen LogP contribution in [0.3, 0.4) is 0 Å². The lowest BCUT2D eigenvalue weighted by atomic mass is 10.1. The van der Waals surface area contributed by atoms with Crippen molar-refractivity contribution < 1.29 is 28.6 Å². The van der Waals surface area contributed by atoms with Gasteiger partial charge in [-0.1, -0.05) is 256 Å². The van der Waals surface area contributed by atoms with Crippen molar-refractivity contribution in [3.8, 4) is 0 Å². The minimum atomic E-state index is -0.812. The van der Waals surface area contributed by atoms with Gasteiger partial charge in [0.1, 0.15) is 13.2 Å². The molecule has 1 atom stereocenters. The molecule has 1 unspecified atom stereocenters. The van der Waals surface area contributed by atoms with E-state index in [1.807, 2.05) is 0 Å². The first-order valence-electron chi connectivity index (χ1n) is 32.0. The van der Waals surface area contributed by atoms with Gasteiger partial charge >= 0.3 is 17.9 Å². The van der Waals surface area contributed by atoms with Crippen LogP contribution in [-0.2, 0) is 28.6 Å². The Hall–Kier alpha value is -4.97. The summed E-state index contributed by atoms with van der Waals surface area (Å²) in [4.78, 5) is 38.3. The summed E-state index contributed by atoms with van der Waals surface area (Å²) in [6.07, 6.45) is 95.3. The summed E-state index contributed by atoms with van der Waals surface area (Å²) in [7, 11) is 0. The van der Waals surface area contributed by atoms with Gasteiger partial charge in [0.2, 0.25) is 0 Å². The van der Waals surface area contributed by atoms with Gasteiger partial charge in [-0.2, -0.15) is 0 Å². The molecule has 0 radical (unpaired) electrons. The van der Waals surface area contributed by atoms with Crippen LogP contribution in [0.1, 0.15) is 265 Å². The predicted octanol–water partition coefficient (Wildman–Crippen LogP) is 22.1. The zero-order valence-electron chi connectivity index (χ0n) is 50.8. The van der Waals surface area contributed by atoms with Gasteiger partial charge in [0.25, 0.3) is 0 Å². The number of allylic oxidation sites excluding steroid dienone is 26. The number of carbonyl (C=O) groups excluding carboxylic acids is 3. The number of esters is 3. The molecule has 444 valence electrons. The molecule has 0 saturated heterocycles. The van der Waals surface area contributed by atoms with Crippen LogP contribution in [0.2, 0.25) is 0 Å². The monoisotopic (exact) mass is 1090 g/mol. The van der Waals surface area contributed by atoms with Crippen molar-refractivity contribution in [2.45, 2.75) is 271 Å². The first kappa shape index (κ1) is 74.0. The molecule has 6 heteroatoms. The first-order chi connectivity index (χ1) is 39.0. The number of rotatable bonds is 56. The van der Waals surface area contributed by atoms with Crippen LogP contribution in [0.15, 0.2) is 158 Å². The quantitative estimate of drug-likeness (QED) is 0.0261. The fourth-order valence-electron chi connectivity index (χ4n) is 8.27. The second-order valence-electron chi connectivity index (χ2n) is 20.5. The lowest BCUT2D eigenvalue weighted by Gasteiger charge is -2.18. The van der Waals surface area contributed by atoms with Crippen molar-refractivity contribution in [1.82, 2.24) is 0 Å². The van der Waals surface area contributed by atoms with Crippen LogP contribution in [0.5, 0.6) is 0 Å². The highest BCUT2D eigenvalue weighted by molar-refractivity contribution is 5.71. The third-order valence-electron chi connectivity index (χ3n) is 13.0. The second-order valence-corrected chi connectivity index (χ2v) is 20.5. The average Bonchev–Trinajstić information content (AvgIpc) is 3.45. The molecular weight excluding hydrogens is 973 g/mol. The zero-order valence-corrected chi connectivity index (χ0v) is 50.8. The van der Waals surface area contributed by atoms with Crippen LogP contribution in [-0.4, -0.2) is 37.2 Å². The molecular formula is C73H116O6. The Morgan fingerprint density at radius 3 is 0.797 bits per heavy atom. The highest BCUT2D eigenvalue weighted by Crippen LogP contribution is 2.14. The fraction of sp³-hybridized carbons (Fsp3) is 0.603. The summed E-state index contributed by atoms with van der Waals surface area (Å²) >= 11 is 0. The Kier molecular flexibility index (Phi) is 61.4. The normalized spacial score (nSPS) is 13.2. The molecule has 79 heavy (non-hydrogen) atoms. The minimum absolute atomic E-state index is 0.106. The van der Waals surface area contributed by atoms with E-state index in [1.165, 1.54) is 51.4 Å². The Balaban J connectivity index is 4.42. The second kappa shape index (κ2) is 65.5. The summed E-state index contributed by atoms with van der Waals surface area (Å²) in [5, 5.41) is 0. The van der Waals surface area contributed by atoms with Crippen LogP contribution < -0.4 is 0 Å². The van der Waals surface area contributed by atoms with Crippen molar-refractivity contribution >= 4 is 17.9 Å². The average molecular weight is 1090 g/mol. The van der Waals surface area contributed by atoms with Crippen LogP contribution >= 0.6 is 0 Å². The smallest absolute Gasteiger partial charge is 0.306 e. The maximum atomic E-state index is 12.9. The largest absolute Gasteiger partial charge is 0.462 e. The van der Waals surface area contributed by atoms with E-state index in [0.29, 0.717) is 19.3 Å². The van der Waals surface area contributed by atoms with E-state index in [0.717, 1.165) is 173 Å². The van der Waals surface area contributed by atoms with E-state index in [9.17, 15) is 14.4 Å². The van der Waals surface area contributed by atoms with Crippen molar-refractivity contribution in [3.63, 3.8) is 0 Å². The standard InChI is InChI=1S/C73H116O6/c1-4-7-10-13-16-19-22-25-28-29-30-31-32-33-34-35-36-37-38-39-40-41-42-43-46-48-51-54-57-60-63-66-72(75)78-69-70(79-73(76)67-64-61-58-55-52-49-45-27-24-21-18-15-12-9-6-3)68-77-71(74)65-62-59-56-53-50-47-44-26-23-20-17-14-11-8-5-2/h7,9-10,12,16,18-19,21,25-28,30-31,33-34,36-37,39-40,42-45,48,51,70H,4-6,8,11,13-15,17,20,22-24,29,32,35,38,41,46-47,49-50,52-69H2,1-3H3/b10-7-,12-9-,19-16-,21-18-,28-25-,31-30-,34-33-,37-36-,40-39-,43-42-,44-26-,45-27-,51-48-. The highest BCUT2D eigenvalue weighted by atomic mass is 16.6. The lowest BCUT2D eigenvalue weighted by Crippen LogP contribution is -2.30. The lowest BCUT2D eigenvalue weighted by molar-refractivity contribution is -0.167. The molecule has 0 N–H and O–H groups in total. The maximum absolute atomic E-state index is 12.9. The van der Waals surface area contributed by atoms with Gasteiger partial charge in [-0.05, 0) is 148 Å². The summed E-state index contributed by atoms with van der Waals surface area (Å²) in [6, 6.07) is 0. The Morgan fingerprint density at radius 1 is 0.266 bits per heavy atom. The molecule has 0 aliphatic heterocycles.